The van der Waals surface area contributed by atoms with Gasteiger partial charge in [-0.2, -0.15) is 4.73 Å². The molecule has 0 radical (unpaired) electrons. The fraction of sp³-hybridized carbons (Fsp3) is 0.100. The van der Waals surface area contributed by atoms with Crippen molar-refractivity contribution < 1.29 is 19.3 Å². The first-order valence-corrected chi connectivity index (χ1v) is 9.00. The summed E-state index contributed by atoms with van der Waals surface area (Å²) in [5.41, 5.74) is -0.106. The standard InChI is InChI=1S/C20H16ClN3O6/c1-29-18-11-15(24(27)28)7-8-17(18)22-19(25)16-6-3-9-23(20(16)26)30-12-13-4-2-5-14(21)10-13/h2-11H,12H2,1H3,(H,22,25). The van der Waals surface area contributed by atoms with E-state index in [1.165, 1.54) is 43.6 Å². The van der Waals surface area contributed by atoms with Crippen LogP contribution in [0, 0.1) is 10.1 Å². The Kier molecular flexibility index (Phi) is 6.33. The molecule has 0 atom stereocenters. The molecule has 2 aromatic carbocycles. The van der Waals surface area contributed by atoms with Crippen molar-refractivity contribution in [1.82, 2.24) is 4.73 Å². The lowest BCUT2D eigenvalue weighted by Crippen LogP contribution is -2.32. The van der Waals surface area contributed by atoms with Gasteiger partial charge in [-0.15, -0.1) is 0 Å². The number of rotatable bonds is 7. The second kappa shape index (κ2) is 9.10. The molecule has 0 spiro atoms. The molecule has 3 rings (SSSR count). The van der Waals surface area contributed by atoms with E-state index in [-0.39, 0.29) is 29.3 Å². The molecule has 1 amide bonds. The van der Waals surface area contributed by atoms with E-state index in [4.69, 9.17) is 21.2 Å². The predicted octanol–water partition coefficient (Wildman–Crippen LogP) is 3.30. The molecule has 1 heterocycles. The Balaban J connectivity index is 1.79. The molecule has 0 unspecified atom stereocenters. The molecule has 9 nitrogen and oxygen atoms in total. The summed E-state index contributed by atoms with van der Waals surface area (Å²) in [6, 6.07) is 13.5. The summed E-state index contributed by atoms with van der Waals surface area (Å²) in [6.45, 7) is 0.0711. The van der Waals surface area contributed by atoms with Crippen LogP contribution < -0.4 is 20.5 Å². The van der Waals surface area contributed by atoms with Crippen LogP contribution in [-0.2, 0) is 6.61 Å². The van der Waals surface area contributed by atoms with Gasteiger partial charge in [-0.25, -0.2) is 0 Å². The molecule has 0 saturated heterocycles. The third-order valence-corrected chi connectivity index (χ3v) is 4.30. The number of hydrogen-bond donors (Lipinski definition) is 1. The first-order chi connectivity index (χ1) is 14.4. The second-order valence-corrected chi connectivity index (χ2v) is 6.49. The van der Waals surface area contributed by atoms with Crippen LogP contribution in [0.2, 0.25) is 5.02 Å². The van der Waals surface area contributed by atoms with Crippen LogP contribution in [0.25, 0.3) is 0 Å². The molecule has 1 N–H and O–H groups in total. The highest BCUT2D eigenvalue weighted by Gasteiger charge is 2.17. The summed E-state index contributed by atoms with van der Waals surface area (Å²) >= 11 is 5.93. The number of halogens is 1. The number of hydrogen-bond acceptors (Lipinski definition) is 6. The summed E-state index contributed by atoms with van der Waals surface area (Å²) < 4.78 is 6.03. The molecule has 10 heteroatoms. The fourth-order valence-electron chi connectivity index (χ4n) is 2.61. The molecule has 0 fully saturated rings. The van der Waals surface area contributed by atoms with Crippen LogP contribution in [0.5, 0.6) is 5.75 Å². The highest BCUT2D eigenvalue weighted by atomic mass is 35.5. The number of nitrogens with one attached hydrogen (secondary N) is 1. The third-order valence-electron chi connectivity index (χ3n) is 4.06. The quantitative estimate of drug-likeness (QED) is 0.455. The van der Waals surface area contributed by atoms with Crippen molar-refractivity contribution in [1.29, 1.82) is 0 Å². The van der Waals surface area contributed by atoms with Crippen LogP contribution in [0.4, 0.5) is 11.4 Å². The van der Waals surface area contributed by atoms with Crippen LogP contribution in [-0.4, -0.2) is 22.7 Å². The number of ether oxygens (including phenoxy) is 1. The number of nitrogens with zero attached hydrogens (tertiary/aromatic N) is 2. The third kappa shape index (κ3) is 4.76. The van der Waals surface area contributed by atoms with E-state index < -0.39 is 16.4 Å². The smallest absolute Gasteiger partial charge is 0.295 e. The molecule has 154 valence electrons. The zero-order valence-electron chi connectivity index (χ0n) is 15.7. The summed E-state index contributed by atoms with van der Waals surface area (Å²) in [7, 11) is 1.31. The van der Waals surface area contributed by atoms with Gasteiger partial charge in [0.25, 0.3) is 17.2 Å². The number of carbonyl (C=O) groups is 1. The van der Waals surface area contributed by atoms with E-state index in [9.17, 15) is 19.7 Å². The Morgan fingerprint density at radius 1 is 1.20 bits per heavy atom. The predicted molar refractivity (Wildman–Crippen MR) is 110 cm³/mol. The first kappa shape index (κ1) is 20.9. The number of benzene rings is 2. The number of nitro groups is 1. The Morgan fingerprint density at radius 2 is 2.00 bits per heavy atom. The number of carbonyl (C=O) groups excluding carboxylic acids is 1. The molecule has 0 aliphatic rings. The van der Waals surface area contributed by atoms with E-state index in [0.717, 1.165) is 10.3 Å². The van der Waals surface area contributed by atoms with Crippen LogP contribution in [0.15, 0.2) is 65.6 Å². The molecule has 30 heavy (non-hydrogen) atoms. The van der Waals surface area contributed by atoms with Gasteiger partial charge in [-0.1, -0.05) is 23.7 Å². The summed E-state index contributed by atoms with van der Waals surface area (Å²) in [5.74, 6) is -0.626. The molecule has 0 aliphatic carbocycles. The molecule has 0 aliphatic heterocycles. The van der Waals surface area contributed by atoms with Gasteiger partial charge < -0.3 is 14.9 Å². The van der Waals surface area contributed by atoms with Gasteiger partial charge in [0.2, 0.25) is 0 Å². The number of nitro benzene ring substituents is 1. The lowest BCUT2D eigenvalue weighted by Gasteiger charge is -2.12. The molecule has 1 aromatic heterocycles. The van der Waals surface area contributed by atoms with Gasteiger partial charge in [0.1, 0.15) is 17.9 Å². The Labute approximate surface area is 175 Å². The maximum Gasteiger partial charge on any atom is 0.295 e. The fourth-order valence-corrected chi connectivity index (χ4v) is 2.82. The summed E-state index contributed by atoms with van der Waals surface area (Å²) in [4.78, 5) is 41.0. The van der Waals surface area contributed by atoms with Crippen molar-refractivity contribution in [2.75, 3.05) is 12.4 Å². The van der Waals surface area contributed by atoms with Crippen molar-refractivity contribution in [2.45, 2.75) is 6.61 Å². The largest absolute Gasteiger partial charge is 0.494 e. The van der Waals surface area contributed by atoms with Crippen molar-refractivity contribution >= 4 is 28.9 Å². The van der Waals surface area contributed by atoms with E-state index >= 15 is 0 Å². The first-order valence-electron chi connectivity index (χ1n) is 8.62. The number of pyridine rings is 1. The van der Waals surface area contributed by atoms with E-state index in [0.29, 0.717) is 5.02 Å². The SMILES string of the molecule is COc1cc([N+](=O)[O-])ccc1NC(=O)c1cccn(OCc2cccc(Cl)c2)c1=O. The van der Waals surface area contributed by atoms with E-state index in [1.54, 1.807) is 24.3 Å². The Morgan fingerprint density at radius 3 is 2.70 bits per heavy atom. The van der Waals surface area contributed by atoms with Gasteiger partial charge in [0.15, 0.2) is 0 Å². The highest BCUT2D eigenvalue weighted by molar-refractivity contribution is 6.30. The normalized spacial score (nSPS) is 10.3. The minimum atomic E-state index is -0.715. The summed E-state index contributed by atoms with van der Waals surface area (Å²) in [6.07, 6.45) is 1.39. The maximum atomic E-state index is 12.6. The van der Waals surface area contributed by atoms with Gasteiger partial charge in [-0.05, 0) is 35.9 Å². The van der Waals surface area contributed by atoms with Gasteiger partial charge in [0, 0.05) is 17.3 Å². The van der Waals surface area contributed by atoms with Crippen molar-refractivity contribution in [3.05, 3.63) is 97.4 Å². The van der Waals surface area contributed by atoms with Crippen molar-refractivity contribution in [2.24, 2.45) is 0 Å². The van der Waals surface area contributed by atoms with Gasteiger partial charge >= 0.3 is 0 Å². The van der Waals surface area contributed by atoms with Crippen molar-refractivity contribution in [3.63, 3.8) is 0 Å². The molecular formula is C20H16ClN3O6. The van der Waals surface area contributed by atoms with Crippen LogP contribution in [0.3, 0.4) is 0 Å². The zero-order valence-corrected chi connectivity index (χ0v) is 16.5. The zero-order chi connectivity index (χ0) is 21.7. The number of methoxy groups -OCH3 is 1. The molecule has 0 saturated carbocycles. The number of aromatic nitrogens is 1. The molecular weight excluding hydrogens is 414 g/mol. The Hall–Kier alpha value is -3.85. The number of anilines is 1. The number of amides is 1. The van der Waals surface area contributed by atoms with Gasteiger partial charge in [-0.3, -0.25) is 19.7 Å². The lowest BCUT2D eigenvalue weighted by atomic mass is 10.2. The average Bonchev–Trinajstić information content (AvgIpc) is 2.73. The molecule has 3 aromatic rings. The van der Waals surface area contributed by atoms with Crippen molar-refractivity contribution in [3.8, 4) is 5.75 Å². The highest BCUT2D eigenvalue weighted by Crippen LogP contribution is 2.29. The topological polar surface area (TPSA) is 113 Å². The lowest BCUT2D eigenvalue weighted by molar-refractivity contribution is -0.384. The second-order valence-electron chi connectivity index (χ2n) is 6.05. The van der Waals surface area contributed by atoms with Crippen LogP contribution >= 0.6 is 11.6 Å². The average molecular weight is 430 g/mol. The minimum absolute atomic E-state index is 0.0711. The van der Waals surface area contributed by atoms with Gasteiger partial charge in [0.05, 0.1) is 23.8 Å². The maximum absolute atomic E-state index is 12.6. The van der Waals surface area contributed by atoms with E-state index in [2.05, 4.69) is 5.32 Å². The van der Waals surface area contributed by atoms with Crippen LogP contribution in [0.1, 0.15) is 15.9 Å². The minimum Gasteiger partial charge on any atom is -0.494 e. The van der Waals surface area contributed by atoms with E-state index in [1.807, 2.05) is 0 Å². The monoisotopic (exact) mass is 429 g/mol. The Bertz CT molecular complexity index is 1160. The summed E-state index contributed by atoms with van der Waals surface area (Å²) in [5, 5.41) is 13.9. The molecule has 0 bridgehead atoms. The number of non-ortho nitro benzene ring substituents is 1.